The molecule has 3 nitrogen and oxygen atoms in total. The van der Waals surface area contributed by atoms with Crippen LogP contribution in [0.3, 0.4) is 0 Å². The zero-order chi connectivity index (χ0) is 13.7. The van der Waals surface area contributed by atoms with Gasteiger partial charge in [0.25, 0.3) is 0 Å². The number of rotatable bonds is 4. The summed E-state index contributed by atoms with van der Waals surface area (Å²) in [5, 5.41) is 9.11. The Balaban J connectivity index is 2.35. The zero-order valence-corrected chi connectivity index (χ0v) is 10.5. The first-order valence-corrected chi connectivity index (χ1v) is 5.86. The van der Waals surface area contributed by atoms with Crippen molar-refractivity contribution in [2.45, 2.75) is 0 Å². The number of para-hydroxylation sites is 1. The van der Waals surface area contributed by atoms with Gasteiger partial charge < -0.3 is 9.84 Å². The highest BCUT2D eigenvalue weighted by molar-refractivity contribution is 5.93. The maximum atomic E-state index is 11.1. The van der Waals surface area contributed by atoms with Crippen LogP contribution in [0, 0.1) is 0 Å². The van der Waals surface area contributed by atoms with E-state index in [0.29, 0.717) is 5.56 Å². The molecular weight excluding hydrogens is 240 g/mol. The van der Waals surface area contributed by atoms with E-state index in [-0.39, 0.29) is 5.56 Å². The summed E-state index contributed by atoms with van der Waals surface area (Å²) >= 11 is 0. The van der Waals surface area contributed by atoms with E-state index >= 15 is 0 Å². The Bertz CT molecular complexity index is 615. The molecule has 0 bridgehead atoms. The third kappa shape index (κ3) is 3.01. The molecule has 0 spiro atoms. The normalized spacial score (nSPS) is 10.6. The van der Waals surface area contributed by atoms with Gasteiger partial charge in [0.05, 0.1) is 12.7 Å². The molecule has 96 valence electrons. The minimum absolute atomic E-state index is 0.286. The van der Waals surface area contributed by atoms with Crippen molar-refractivity contribution in [3.8, 4) is 5.75 Å². The number of benzene rings is 2. The van der Waals surface area contributed by atoms with Crippen molar-refractivity contribution in [2.24, 2.45) is 0 Å². The van der Waals surface area contributed by atoms with Crippen LogP contribution in [0.4, 0.5) is 0 Å². The van der Waals surface area contributed by atoms with Crippen LogP contribution < -0.4 is 4.74 Å². The first-order chi connectivity index (χ1) is 9.22. The maximum Gasteiger partial charge on any atom is 0.336 e. The molecule has 0 saturated carbocycles. The summed E-state index contributed by atoms with van der Waals surface area (Å²) in [6.45, 7) is 0. The molecule has 0 aromatic heterocycles. The molecule has 0 atom stereocenters. The van der Waals surface area contributed by atoms with E-state index in [4.69, 9.17) is 9.84 Å². The molecule has 1 N–H and O–H groups in total. The van der Waals surface area contributed by atoms with Crippen molar-refractivity contribution in [3.63, 3.8) is 0 Å². The Morgan fingerprint density at radius 2 is 1.58 bits per heavy atom. The number of methoxy groups -OCH3 is 1. The van der Waals surface area contributed by atoms with Crippen LogP contribution in [0.25, 0.3) is 12.2 Å². The molecule has 0 aliphatic heterocycles. The van der Waals surface area contributed by atoms with Gasteiger partial charge in [-0.05, 0) is 17.7 Å². The summed E-state index contributed by atoms with van der Waals surface area (Å²) in [6.07, 6.45) is 3.63. The monoisotopic (exact) mass is 254 g/mol. The summed E-state index contributed by atoms with van der Waals surface area (Å²) in [7, 11) is 1.61. The van der Waals surface area contributed by atoms with Crippen molar-refractivity contribution in [2.75, 3.05) is 7.11 Å². The molecule has 3 heteroatoms. The summed E-state index contributed by atoms with van der Waals surface area (Å²) in [6, 6.07) is 14.5. The fraction of sp³-hybridized carbons (Fsp3) is 0.0625. The van der Waals surface area contributed by atoms with Crippen LogP contribution in [-0.2, 0) is 0 Å². The van der Waals surface area contributed by atoms with Crippen molar-refractivity contribution in [1.29, 1.82) is 0 Å². The maximum absolute atomic E-state index is 11.1. The predicted octanol–water partition coefficient (Wildman–Crippen LogP) is 3.56. The average Bonchev–Trinajstić information content (AvgIpc) is 2.45. The number of hydrogen-bond donors (Lipinski definition) is 1. The van der Waals surface area contributed by atoms with Crippen LogP contribution in [0.1, 0.15) is 21.5 Å². The van der Waals surface area contributed by atoms with Gasteiger partial charge in [0.15, 0.2) is 0 Å². The number of carbonyl (C=O) groups is 1. The molecule has 0 saturated heterocycles. The fourth-order valence-corrected chi connectivity index (χ4v) is 1.82. The second-order valence-corrected chi connectivity index (χ2v) is 3.97. The van der Waals surface area contributed by atoms with Gasteiger partial charge >= 0.3 is 5.97 Å². The predicted molar refractivity (Wildman–Crippen MR) is 75.3 cm³/mol. The van der Waals surface area contributed by atoms with Gasteiger partial charge in [-0.1, -0.05) is 48.6 Å². The highest BCUT2D eigenvalue weighted by Crippen LogP contribution is 2.21. The molecule has 19 heavy (non-hydrogen) atoms. The Morgan fingerprint density at radius 3 is 2.26 bits per heavy atom. The number of carboxylic acids is 1. The molecule has 0 heterocycles. The molecule has 2 aromatic rings. The second-order valence-electron chi connectivity index (χ2n) is 3.97. The van der Waals surface area contributed by atoms with Gasteiger partial charge in [0.1, 0.15) is 5.75 Å². The lowest BCUT2D eigenvalue weighted by Gasteiger charge is -2.04. The van der Waals surface area contributed by atoms with Gasteiger partial charge in [-0.3, -0.25) is 0 Å². The van der Waals surface area contributed by atoms with E-state index in [9.17, 15) is 4.79 Å². The van der Waals surface area contributed by atoms with E-state index in [1.54, 1.807) is 31.4 Å². The Morgan fingerprint density at radius 1 is 1.00 bits per heavy atom. The minimum atomic E-state index is -0.930. The lowest BCUT2D eigenvalue weighted by atomic mass is 10.1. The van der Waals surface area contributed by atoms with Crippen LogP contribution in [0.2, 0.25) is 0 Å². The summed E-state index contributed by atoms with van der Waals surface area (Å²) in [5.41, 5.74) is 1.86. The molecule has 0 fully saturated rings. The Hall–Kier alpha value is -2.55. The van der Waals surface area contributed by atoms with E-state index in [0.717, 1.165) is 11.3 Å². The topological polar surface area (TPSA) is 46.5 Å². The van der Waals surface area contributed by atoms with Gasteiger partial charge in [0.2, 0.25) is 0 Å². The van der Waals surface area contributed by atoms with E-state index < -0.39 is 5.97 Å². The molecule has 0 amide bonds. The Kier molecular flexibility index (Phi) is 3.98. The number of ether oxygens (including phenoxy) is 1. The molecular formula is C16H14O3. The number of aromatic carboxylic acids is 1. The van der Waals surface area contributed by atoms with Crippen molar-refractivity contribution in [3.05, 3.63) is 65.2 Å². The zero-order valence-electron chi connectivity index (χ0n) is 10.5. The second kappa shape index (κ2) is 5.87. The number of carboxylic acid groups (broad SMARTS) is 1. The van der Waals surface area contributed by atoms with E-state index in [2.05, 4.69) is 0 Å². The first-order valence-electron chi connectivity index (χ1n) is 5.86. The summed E-state index contributed by atoms with van der Waals surface area (Å²) in [4.78, 5) is 11.1. The molecule has 2 rings (SSSR count). The number of hydrogen-bond acceptors (Lipinski definition) is 2. The van der Waals surface area contributed by atoms with Gasteiger partial charge in [-0.15, -0.1) is 0 Å². The van der Waals surface area contributed by atoms with Crippen LogP contribution >= 0.6 is 0 Å². The van der Waals surface area contributed by atoms with Gasteiger partial charge in [0, 0.05) is 5.56 Å². The lowest BCUT2D eigenvalue weighted by molar-refractivity contribution is 0.0696. The van der Waals surface area contributed by atoms with Gasteiger partial charge in [-0.2, -0.15) is 0 Å². The average molecular weight is 254 g/mol. The van der Waals surface area contributed by atoms with Crippen LogP contribution in [0.15, 0.2) is 48.5 Å². The third-order valence-corrected chi connectivity index (χ3v) is 2.77. The lowest BCUT2D eigenvalue weighted by Crippen LogP contribution is -1.98. The Labute approximate surface area is 111 Å². The van der Waals surface area contributed by atoms with Crippen molar-refractivity contribution in [1.82, 2.24) is 0 Å². The van der Waals surface area contributed by atoms with Crippen molar-refractivity contribution < 1.29 is 14.6 Å². The molecule has 0 radical (unpaired) electrons. The van der Waals surface area contributed by atoms with Crippen LogP contribution in [-0.4, -0.2) is 18.2 Å². The molecule has 0 aliphatic rings. The smallest absolute Gasteiger partial charge is 0.336 e. The molecule has 0 aliphatic carbocycles. The standard InChI is InChI=1S/C16H14O3/c1-19-15-9-5-3-7-13(15)11-10-12-6-2-4-8-14(12)16(17)18/h2-11H,1H3,(H,17,18)/b11-10-. The third-order valence-electron chi connectivity index (χ3n) is 2.77. The van der Waals surface area contributed by atoms with Crippen molar-refractivity contribution >= 4 is 18.1 Å². The largest absolute Gasteiger partial charge is 0.496 e. The van der Waals surface area contributed by atoms with E-state index in [1.807, 2.05) is 36.4 Å². The summed E-state index contributed by atoms with van der Waals surface area (Å²) < 4.78 is 5.24. The summed E-state index contributed by atoms with van der Waals surface area (Å²) in [5.74, 6) is -0.174. The fourth-order valence-electron chi connectivity index (χ4n) is 1.82. The van der Waals surface area contributed by atoms with Gasteiger partial charge in [-0.25, -0.2) is 4.79 Å². The minimum Gasteiger partial charge on any atom is -0.496 e. The van der Waals surface area contributed by atoms with Crippen LogP contribution in [0.5, 0.6) is 5.75 Å². The first kappa shape index (κ1) is 12.9. The highest BCUT2D eigenvalue weighted by atomic mass is 16.5. The SMILES string of the molecule is COc1ccccc1/C=C\c1ccccc1C(=O)O. The van der Waals surface area contributed by atoms with E-state index in [1.165, 1.54) is 0 Å². The highest BCUT2D eigenvalue weighted by Gasteiger charge is 2.06. The quantitative estimate of drug-likeness (QED) is 0.848. The molecule has 2 aromatic carbocycles. The molecule has 0 unspecified atom stereocenters.